The summed E-state index contributed by atoms with van der Waals surface area (Å²) in [5, 5.41) is 11.9. The molecular formula is C12H17Cl3N8O. The Hall–Kier alpha value is -1.76. The second-order valence-corrected chi connectivity index (χ2v) is 7.51. The molecule has 12 heteroatoms. The second-order valence-electron chi connectivity index (χ2n) is 5.14. The van der Waals surface area contributed by atoms with Crippen LogP contribution in [0.25, 0.3) is 0 Å². The van der Waals surface area contributed by atoms with Crippen LogP contribution < -0.4 is 20.0 Å². The van der Waals surface area contributed by atoms with E-state index in [2.05, 4.69) is 20.3 Å². The molecule has 0 aromatic carbocycles. The van der Waals surface area contributed by atoms with Gasteiger partial charge < -0.3 is 15.1 Å². The third-order valence-corrected chi connectivity index (χ3v) is 3.25. The topological polar surface area (TPSA) is 101 Å². The van der Waals surface area contributed by atoms with Crippen LogP contribution in [0.4, 0.5) is 17.8 Å². The number of nitrogens with one attached hydrogen (secondary N) is 1. The van der Waals surface area contributed by atoms with E-state index in [9.17, 15) is 10.1 Å². The van der Waals surface area contributed by atoms with Crippen molar-refractivity contribution in [2.75, 3.05) is 42.9 Å². The Kier molecular flexibility index (Phi) is 6.66. The molecule has 0 fully saturated rings. The summed E-state index contributed by atoms with van der Waals surface area (Å²) in [6, 6.07) is 0. The van der Waals surface area contributed by atoms with Crippen molar-refractivity contribution in [1.29, 1.82) is 5.26 Å². The largest absolute Gasteiger partial charge is 0.347 e. The van der Waals surface area contributed by atoms with Gasteiger partial charge in [0.1, 0.15) is 0 Å². The fourth-order valence-electron chi connectivity index (χ4n) is 1.55. The van der Waals surface area contributed by atoms with Crippen LogP contribution in [0.5, 0.6) is 0 Å². The van der Waals surface area contributed by atoms with Crippen LogP contribution in [-0.4, -0.2) is 59.0 Å². The van der Waals surface area contributed by atoms with E-state index in [-0.39, 0.29) is 5.95 Å². The van der Waals surface area contributed by atoms with Crippen molar-refractivity contribution in [3.05, 3.63) is 0 Å². The number of halogens is 3. The van der Waals surface area contributed by atoms with Gasteiger partial charge in [0, 0.05) is 35.1 Å². The molecule has 132 valence electrons. The summed E-state index contributed by atoms with van der Waals surface area (Å²) in [7, 11) is 6.93. The van der Waals surface area contributed by atoms with Crippen LogP contribution in [0.3, 0.4) is 0 Å². The quantitative estimate of drug-likeness (QED) is 0.342. The molecule has 1 rings (SSSR count). The van der Waals surface area contributed by atoms with Crippen LogP contribution in [0.1, 0.15) is 6.92 Å². The van der Waals surface area contributed by atoms with E-state index in [1.807, 2.05) is 6.19 Å². The van der Waals surface area contributed by atoms with Gasteiger partial charge in [-0.25, -0.2) is 4.90 Å². The van der Waals surface area contributed by atoms with Crippen LogP contribution in [-0.2, 0) is 4.79 Å². The number of carbonyl (C=O) groups excluding carboxylic acids is 1. The Morgan fingerprint density at radius 1 is 1.08 bits per heavy atom. The molecule has 24 heavy (non-hydrogen) atoms. The zero-order valence-electron chi connectivity index (χ0n) is 13.7. The Bertz CT molecular complexity index is 614. The number of rotatable bonds is 5. The molecule has 0 unspecified atom stereocenters. The summed E-state index contributed by atoms with van der Waals surface area (Å²) in [5.74, 6) is 0.0518. The maximum Gasteiger partial charge on any atom is 0.247 e. The monoisotopic (exact) mass is 394 g/mol. The number of amides is 1. The molecule has 0 saturated heterocycles. The summed E-state index contributed by atoms with van der Waals surface area (Å²) in [6.45, 7) is 1.24. The van der Waals surface area contributed by atoms with Crippen molar-refractivity contribution >= 4 is 58.6 Å². The van der Waals surface area contributed by atoms with Gasteiger partial charge in [-0.1, -0.05) is 34.8 Å². The number of nitriles is 1. The predicted molar refractivity (Wildman–Crippen MR) is 94.5 cm³/mol. The van der Waals surface area contributed by atoms with Gasteiger partial charge in [0.2, 0.25) is 27.5 Å². The zero-order valence-corrected chi connectivity index (χ0v) is 16.0. The summed E-state index contributed by atoms with van der Waals surface area (Å²) >= 11 is 17.7. The smallest absolute Gasteiger partial charge is 0.247 e. The first-order valence-corrected chi connectivity index (χ1v) is 7.74. The Morgan fingerprint density at radius 2 is 1.50 bits per heavy atom. The van der Waals surface area contributed by atoms with Crippen LogP contribution >= 0.6 is 34.8 Å². The molecule has 0 aliphatic rings. The highest BCUT2D eigenvalue weighted by Crippen LogP contribution is 2.33. The first kappa shape index (κ1) is 20.3. The number of aromatic nitrogens is 3. The average Bonchev–Trinajstić information content (AvgIpc) is 2.45. The summed E-state index contributed by atoms with van der Waals surface area (Å²) in [5.41, 5.74) is 0. The lowest BCUT2D eigenvalue weighted by Gasteiger charge is -2.31. The molecule has 0 aliphatic carbocycles. The molecule has 0 radical (unpaired) electrons. The van der Waals surface area contributed by atoms with Gasteiger partial charge in [-0.05, 0) is 0 Å². The van der Waals surface area contributed by atoms with Crippen LogP contribution in [0.15, 0.2) is 0 Å². The van der Waals surface area contributed by atoms with Gasteiger partial charge in [0.25, 0.3) is 0 Å². The van der Waals surface area contributed by atoms with E-state index >= 15 is 0 Å². The minimum absolute atomic E-state index is 0.0648. The molecule has 1 heterocycles. The highest BCUT2D eigenvalue weighted by atomic mass is 35.6. The van der Waals surface area contributed by atoms with Crippen molar-refractivity contribution in [2.45, 2.75) is 16.9 Å². The lowest BCUT2D eigenvalue weighted by atomic mass is 10.4. The second kappa shape index (κ2) is 7.88. The Balaban J connectivity index is 3.46. The molecule has 1 aromatic rings. The van der Waals surface area contributed by atoms with E-state index in [4.69, 9.17) is 34.8 Å². The van der Waals surface area contributed by atoms with Crippen LogP contribution in [0.2, 0.25) is 0 Å². The average molecular weight is 396 g/mol. The summed E-state index contributed by atoms with van der Waals surface area (Å²) < 4.78 is -2.00. The summed E-state index contributed by atoms with van der Waals surface area (Å²) in [6.07, 6.45) is 0.544. The van der Waals surface area contributed by atoms with Gasteiger partial charge in [-0.15, -0.1) is 0 Å². The number of nitrogens with zero attached hydrogens (tertiary/aromatic N) is 7. The minimum atomic E-state index is -2.00. The van der Waals surface area contributed by atoms with Gasteiger partial charge in [-0.3, -0.25) is 4.79 Å². The molecule has 1 atom stereocenters. The SMILES string of the molecule is CC(=O)N[C@H](N(C#N)c1nc(N(C)C)nc(N(C)C)n1)C(Cl)(Cl)Cl. The molecule has 1 amide bonds. The van der Waals surface area contributed by atoms with E-state index in [0.717, 1.165) is 4.90 Å². The van der Waals surface area contributed by atoms with Crippen LogP contribution in [0, 0.1) is 11.5 Å². The van der Waals surface area contributed by atoms with Gasteiger partial charge >= 0.3 is 0 Å². The van der Waals surface area contributed by atoms with Crippen molar-refractivity contribution in [3.63, 3.8) is 0 Å². The van der Waals surface area contributed by atoms with Crippen molar-refractivity contribution in [1.82, 2.24) is 20.3 Å². The van der Waals surface area contributed by atoms with Gasteiger partial charge in [0.15, 0.2) is 12.4 Å². The van der Waals surface area contributed by atoms with Crippen molar-refractivity contribution in [3.8, 4) is 6.19 Å². The maximum atomic E-state index is 11.4. The fourth-order valence-corrected chi connectivity index (χ4v) is 2.01. The van der Waals surface area contributed by atoms with E-state index < -0.39 is 15.9 Å². The maximum absolute atomic E-state index is 11.4. The lowest BCUT2D eigenvalue weighted by Crippen LogP contribution is -2.54. The number of hydrogen-bond acceptors (Lipinski definition) is 8. The van der Waals surface area contributed by atoms with Crippen molar-refractivity contribution < 1.29 is 4.79 Å². The van der Waals surface area contributed by atoms with Gasteiger partial charge in [0.05, 0.1) is 0 Å². The first-order chi connectivity index (χ1) is 11.0. The highest BCUT2D eigenvalue weighted by molar-refractivity contribution is 6.68. The van der Waals surface area contributed by atoms with Gasteiger partial charge in [-0.2, -0.15) is 20.2 Å². The fraction of sp³-hybridized carbons (Fsp3) is 0.583. The first-order valence-electron chi connectivity index (χ1n) is 6.61. The summed E-state index contributed by atoms with van der Waals surface area (Å²) in [4.78, 5) is 28.2. The predicted octanol–water partition coefficient (Wildman–Crippen LogP) is 1.12. The lowest BCUT2D eigenvalue weighted by molar-refractivity contribution is -0.119. The number of alkyl halides is 3. The molecule has 0 spiro atoms. The normalized spacial score (nSPS) is 12.1. The molecular weight excluding hydrogens is 379 g/mol. The molecule has 1 aromatic heterocycles. The number of carbonyl (C=O) groups is 1. The molecule has 0 saturated carbocycles. The Labute approximate surface area is 155 Å². The third kappa shape index (κ3) is 5.12. The Morgan fingerprint density at radius 3 is 1.79 bits per heavy atom. The molecule has 0 aliphatic heterocycles. The van der Waals surface area contributed by atoms with Crippen molar-refractivity contribution in [2.24, 2.45) is 0 Å². The minimum Gasteiger partial charge on any atom is -0.347 e. The number of hydrogen-bond donors (Lipinski definition) is 1. The standard InChI is InChI=1S/C12H17Cl3N8O/c1-7(24)17-8(12(13,14)15)23(6-16)11-19-9(21(2)3)18-10(20-11)22(4)5/h8H,1-5H3,(H,17,24)/t8-/m1/s1. The van der Waals surface area contributed by atoms with E-state index in [1.54, 1.807) is 38.0 Å². The highest BCUT2D eigenvalue weighted by Gasteiger charge is 2.40. The molecule has 9 nitrogen and oxygen atoms in total. The number of anilines is 3. The van der Waals surface area contributed by atoms with E-state index in [0.29, 0.717) is 11.9 Å². The molecule has 0 bridgehead atoms. The third-order valence-electron chi connectivity index (χ3n) is 2.63. The zero-order chi connectivity index (χ0) is 18.7. The molecule has 1 N–H and O–H groups in total. The van der Waals surface area contributed by atoms with E-state index in [1.165, 1.54) is 6.92 Å².